The molecule has 3 aromatic rings. The second-order valence-electron chi connectivity index (χ2n) is 5.19. The lowest BCUT2D eigenvalue weighted by atomic mass is 10.0. The molecule has 0 N–H and O–H groups in total. The fourth-order valence-electron chi connectivity index (χ4n) is 2.76. The maximum absolute atomic E-state index is 6.12. The van der Waals surface area contributed by atoms with Crippen LogP contribution in [-0.2, 0) is 0 Å². The number of hydrogen-bond donors (Lipinski definition) is 0. The average Bonchev–Trinajstić information content (AvgIpc) is 3.17. The molecule has 1 fully saturated rings. The van der Waals surface area contributed by atoms with Gasteiger partial charge < -0.3 is 0 Å². The highest BCUT2D eigenvalue weighted by molar-refractivity contribution is 6.32. The molecule has 0 saturated heterocycles. The maximum Gasteiger partial charge on any atom is 0.154 e. The Bertz CT molecular complexity index is 805. The van der Waals surface area contributed by atoms with E-state index < -0.39 is 0 Å². The quantitative estimate of drug-likeness (QED) is 0.722. The van der Waals surface area contributed by atoms with Gasteiger partial charge >= 0.3 is 0 Å². The van der Waals surface area contributed by atoms with Crippen molar-refractivity contribution in [1.29, 1.82) is 0 Å². The highest BCUT2D eigenvalue weighted by atomic mass is 35.5. The van der Waals surface area contributed by atoms with Crippen LogP contribution >= 0.6 is 11.6 Å². The smallest absolute Gasteiger partial charge is 0.154 e. The molecule has 0 bridgehead atoms. The van der Waals surface area contributed by atoms with Crippen molar-refractivity contribution < 1.29 is 0 Å². The Kier molecular flexibility index (Phi) is 2.54. The zero-order valence-electron chi connectivity index (χ0n) is 11.0. The van der Waals surface area contributed by atoms with Crippen LogP contribution in [0.4, 0.5) is 0 Å². The zero-order chi connectivity index (χ0) is 13.7. The summed E-state index contributed by atoms with van der Waals surface area (Å²) in [5.74, 6) is 1.54. The summed E-state index contributed by atoms with van der Waals surface area (Å²) in [6.07, 6.45) is 9.70. The molecule has 0 aromatic carbocycles. The standard InChI is InChI=1S/C15H13ClN4/c1-9-13(10-2-3-10)11(4-5-17-9)15-19-8-12-14(16)18-6-7-20(12)15/h4-8,10H,2-3H2,1H3. The highest BCUT2D eigenvalue weighted by Crippen LogP contribution is 2.45. The molecule has 0 atom stereocenters. The first-order valence-corrected chi connectivity index (χ1v) is 7.07. The minimum absolute atomic E-state index is 0.477. The number of rotatable bonds is 2. The summed E-state index contributed by atoms with van der Waals surface area (Å²) in [7, 11) is 0. The SMILES string of the molecule is Cc1nccc(-c2ncc3c(Cl)nccn23)c1C1CC1. The Morgan fingerprint density at radius 1 is 1.20 bits per heavy atom. The number of aryl methyl sites for hydroxylation is 1. The Balaban J connectivity index is 2.00. The van der Waals surface area contributed by atoms with Crippen LogP contribution in [0.3, 0.4) is 0 Å². The molecule has 4 rings (SSSR count). The maximum atomic E-state index is 6.12. The molecule has 0 radical (unpaired) electrons. The molecule has 1 aliphatic carbocycles. The van der Waals surface area contributed by atoms with Gasteiger partial charge in [-0.05, 0) is 37.3 Å². The van der Waals surface area contributed by atoms with E-state index in [1.165, 1.54) is 18.4 Å². The van der Waals surface area contributed by atoms with Gasteiger partial charge in [-0.25, -0.2) is 9.97 Å². The van der Waals surface area contributed by atoms with Crippen LogP contribution in [-0.4, -0.2) is 19.4 Å². The second-order valence-corrected chi connectivity index (χ2v) is 5.54. The topological polar surface area (TPSA) is 43.1 Å². The monoisotopic (exact) mass is 284 g/mol. The van der Waals surface area contributed by atoms with Gasteiger partial charge in [-0.15, -0.1) is 0 Å². The second kappa shape index (κ2) is 4.28. The van der Waals surface area contributed by atoms with Gasteiger partial charge in [0.15, 0.2) is 5.15 Å². The van der Waals surface area contributed by atoms with Crippen LogP contribution in [0.2, 0.25) is 5.15 Å². The molecular formula is C15H13ClN4. The van der Waals surface area contributed by atoms with E-state index in [4.69, 9.17) is 11.6 Å². The Hall–Kier alpha value is -1.94. The van der Waals surface area contributed by atoms with E-state index in [9.17, 15) is 0 Å². The Morgan fingerprint density at radius 2 is 2.05 bits per heavy atom. The lowest BCUT2D eigenvalue weighted by Gasteiger charge is -2.10. The first-order valence-electron chi connectivity index (χ1n) is 6.69. The molecule has 0 unspecified atom stereocenters. The number of imidazole rings is 1. The van der Waals surface area contributed by atoms with Gasteiger partial charge in [-0.3, -0.25) is 9.38 Å². The summed E-state index contributed by atoms with van der Waals surface area (Å²) in [6.45, 7) is 2.07. The molecule has 1 saturated carbocycles. The van der Waals surface area contributed by atoms with Crippen molar-refractivity contribution in [2.75, 3.05) is 0 Å². The number of nitrogens with zero attached hydrogens (tertiary/aromatic N) is 4. The van der Waals surface area contributed by atoms with Crippen molar-refractivity contribution in [3.63, 3.8) is 0 Å². The number of fused-ring (bicyclic) bond motifs is 1. The number of hydrogen-bond acceptors (Lipinski definition) is 3. The van der Waals surface area contributed by atoms with E-state index in [1.54, 1.807) is 12.4 Å². The summed E-state index contributed by atoms with van der Waals surface area (Å²) < 4.78 is 2.00. The van der Waals surface area contributed by atoms with E-state index in [0.29, 0.717) is 11.1 Å². The largest absolute Gasteiger partial charge is 0.295 e. The van der Waals surface area contributed by atoms with Crippen LogP contribution < -0.4 is 0 Å². The number of pyridine rings is 1. The van der Waals surface area contributed by atoms with Crippen LogP contribution in [0.1, 0.15) is 30.0 Å². The van der Waals surface area contributed by atoms with Crippen LogP contribution in [0, 0.1) is 6.92 Å². The molecule has 4 nitrogen and oxygen atoms in total. The summed E-state index contributed by atoms with van der Waals surface area (Å²) in [5.41, 5.74) is 4.41. The van der Waals surface area contributed by atoms with Crippen molar-refractivity contribution in [2.24, 2.45) is 0 Å². The zero-order valence-corrected chi connectivity index (χ0v) is 11.8. The number of halogens is 1. The highest BCUT2D eigenvalue weighted by Gasteiger charge is 2.29. The lowest BCUT2D eigenvalue weighted by molar-refractivity contribution is 1.02. The van der Waals surface area contributed by atoms with E-state index in [1.807, 2.05) is 22.9 Å². The van der Waals surface area contributed by atoms with Gasteiger partial charge in [0.2, 0.25) is 0 Å². The van der Waals surface area contributed by atoms with Gasteiger partial charge in [0, 0.05) is 29.8 Å². The summed E-state index contributed by atoms with van der Waals surface area (Å²) in [4.78, 5) is 13.1. The summed E-state index contributed by atoms with van der Waals surface area (Å²) in [5, 5.41) is 0.477. The van der Waals surface area contributed by atoms with E-state index in [2.05, 4.69) is 21.9 Å². The van der Waals surface area contributed by atoms with E-state index in [0.717, 1.165) is 22.6 Å². The third-order valence-corrected chi connectivity index (χ3v) is 4.12. The molecule has 0 amide bonds. The minimum atomic E-state index is 0.477. The van der Waals surface area contributed by atoms with Gasteiger partial charge in [-0.2, -0.15) is 0 Å². The molecule has 5 heteroatoms. The van der Waals surface area contributed by atoms with E-state index in [-0.39, 0.29) is 0 Å². The number of aromatic nitrogens is 4. The third kappa shape index (κ3) is 1.72. The van der Waals surface area contributed by atoms with E-state index >= 15 is 0 Å². The molecule has 0 aliphatic heterocycles. The first kappa shape index (κ1) is 11.9. The predicted molar refractivity (Wildman–Crippen MR) is 77.9 cm³/mol. The van der Waals surface area contributed by atoms with Crippen LogP contribution in [0.5, 0.6) is 0 Å². The van der Waals surface area contributed by atoms with Crippen molar-refractivity contribution in [3.8, 4) is 11.4 Å². The van der Waals surface area contributed by atoms with Gasteiger partial charge in [-0.1, -0.05) is 11.6 Å². The fraction of sp³-hybridized carbons (Fsp3) is 0.267. The van der Waals surface area contributed by atoms with Gasteiger partial charge in [0.05, 0.1) is 6.20 Å². The molecule has 3 heterocycles. The molecule has 20 heavy (non-hydrogen) atoms. The van der Waals surface area contributed by atoms with Crippen molar-refractivity contribution in [2.45, 2.75) is 25.7 Å². The normalized spacial score (nSPS) is 14.9. The van der Waals surface area contributed by atoms with Crippen LogP contribution in [0.25, 0.3) is 16.9 Å². The molecule has 100 valence electrons. The fourth-order valence-corrected chi connectivity index (χ4v) is 2.95. The summed E-state index contributed by atoms with van der Waals surface area (Å²) in [6, 6.07) is 2.05. The average molecular weight is 285 g/mol. The minimum Gasteiger partial charge on any atom is -0.295 e. The van der Waals surface area contributed by atoms with Crippen molar-refractivity contribution >= 4 is 17.1 Å². The van der Waals surface area contributed by atoms with Crippen LogP contribution in [0.15, 0.2) is 30.9 Å². The third-order valence-electron chi connectivity index (χ3n) is 3.83. The lowest BCUT2D eigenvalue weighted by Crippen LogP contribution is -1.98. The van der Waals surface area contributed by atoms with Gasteiger partial charge in [0.1, 0.15) is 11.3 Å². The predicted octanol–water partition coefficient (Wildman–Crippen LogP) is 3.63. The van der Waals surface area contributed by atoms with Gasteiger partial charge in [0.25, 0.3) is 0 Å². The molecular weight excluding hydrogens is 272 g/mol. The molecule has 0 spiro atoms. The van der Waals surface area contributed by atoms with Crippen molar-refractivity contribution in [1.82, 2.24) is 19.4 Å². The first-order chi connectivity index (χ1) is 9.75. The van der Waals surface area contributed by atoms with Crippen molar-refractivity contribution in [3.05, 3.63) is 47.3 Å². The Morgan fingerprint density at radius 3 is 2.85 bits per heavy atom. The molecule has 1 aliphatic rings. The Labute approximate surface area is 121 Å². The molecule has 3 aromatic heterocycles. The summed E-state index contributed by atoms with van der Waals surface area (Å²) >= 11 is 6.12.